The Morgan fingerprint density at radius 1 is 1.14 bits per heavy atom. The van der Waals surface area contributed by atoms with Crippen molar-refractivity contribution in [1.29, 1.82) is 0 Å². The predicted octanol–water partition coefficient (Wildman–Crippen LogP) is 3.41. The molecule has 5 nitrogen and oxygen atoms in total. The maximum Gasteiger partial charge on any atom is 0.244 e. The Kier molecular flexibility index (Phi) is 8.03. The first-order valence-electron chi connectivity index (χ1n) is 8.87. The number of thioether (sulfide) groups is 1. The third-order valence-electron chi connectivity index (χ3n) is 4.29. The Morgan fingerprint density at radius 3 is 2.39 bits per heavy atom. The van der Waals surface area contributed by atoms with Crippen LogP contribution < -0.4 is 10.0 Å². The average molecular weight is 425 g/mol. The summed E-state index contributed by atoms with van der Waals surface area (Å²) in [6.45, 7) is 3.81. The summed E-state index contributed by atoms with van der Waals surface area (Å²) in [5.74, 6) is -0.717. The van der Waals surface area contributed by atoms with E-state index in [1.165, 1.54) is 30.0 Å². The normalized spacial score (nSPS) is 13.7. The molecule has 2 atom stereocenters. The minimum atomic E-state index is -4.17. The molecule has 28 heavy (non-hydrogen) atoms. The zero-order valence-electron chi connectivity index (χ0n) is 16.1. The van der Waals surface area contributed by atoms with Gasteiger partial charge < -0.3 is 5.32 Å². The zero-order chi connectivity index (χ0) is 20.7. The van der Waals surface area contributed by atoms with Crippen molar-refractivity contribution in [3.63, 3.8) is 0 Å². The summed E-state index contributed by atoms with van der Waals surface area (Å²) >= 11 is 1.50. The van der Waals surface area contributed by atoms with E-state index in [9.17, 15) is 17.6 Å². The van der Waals surface area contributed by atoms with Gasteiger partial charge in [0.05, 0.1) is 6.04 Å². The summed E-state index contributed by atoms with van der Waals surface area (Å²) in [4.78, 5) is 12.3. The minimum Gasteiger partial charge on any atom is -0.348 e. The Bertz CT molecular complexity index is 902. The molecule has 0 aromatic heterocycles. The van der Waals surface area contributed by atoms with Crippen LogP contribution in [0.5, 0.6) is 0 Å². The molecule has 2 N–H and O–H groups in total. The van der Waals surface area contributed by atoms with Crippen LogP contribution in [0.2, 0.25) is 0 Å². The van der Waals surface area contributed by atoms with Crippen LogP contribution in [0.25, 0.3) is 0 Å². The number of nitrogens with one attached hydrogen (secondary N) is 2. The van der Waals surface area contributed by atoms with Crippen LogP contribution in [0.3, 0.4) is 0 Å². The monoisotopic (exact) mass is 424 g/mol. The highest BCUT2D eigenvalue weighted by Gasteiger charge is 2.28. The summed E-state index contributed by atoms with van der Waals surface area (Å²) in [5.41, 5.74) is 2.03. The molecule has 0 heterocycles. The van der Waals surface area contributed by atoms with Gasteiger partial charge in [0.1, 0.15) is 16.8 Å². The number of hydrogen-bond acceptors (Lipinski definition) is 4. The maximum atomic E-state index is 13.9. The fraction of sp³-hybridized carbons (Fsp3) is 0.350. The van der Waals surface area contributed by atoms with Gasteiger partial charge in [-0.3, -0.25) is 4.79 Å². The second-order valence-corrected chi connectivity index (χ2v) is 9.19. The van der Waals surface area contributed by atoms with E-state index < -0.39 is 32.7 Å². The molecule has 1 amide bonds. The van der Waals surface area contributed by atoms with Crippen molar-refractivity contribution >= 4 is 27.7 Å². The third kappa shape index (κ3) is 6.05. The second kappa shape index (κ2) is 10.0. The van der Waals surface area contributed by atoms with Gasteiger partial charge >= 0.3 is 0 Å². The van der Waals surface area contributed by atoms with Crippen LogP contribution in [0, 0.1) is 12.7 Å². The molecule has 0 aliphatic rings. The smallest absolute Gasteiger partial charge is 0.244 e. The van der Waals surface area contributed by atoms with E-state index in [1.54, 1.807) is 0 Å². The lowest BCUT2D eigenvalue weighted by Crippen LogP contribution is -2.47. The molecule has 2 aromatic carbocycles. The molecule has 2 aromatic rings. The predicted molar refractivity (Wildman–Crippen MR) is 111 cm³/mol. The van der Waals surface area contributed by atoms with Crippen molar-refractivity contribution in [2.24, 2.45) is 0 Å². The number of sulfonamides is 1. The molecular weight excluding hydrogens is 399 g/mol. The van der Waals surface area contributed by atoms with Crippen molar-refractivity contribution in [2.75, 3.05) is 12.0 Å². The maximum absolute atomic E-state index is 13.9. The summed E-state index contributed by atoms with van der Waals surface area (Å²) < 4.78 is 41.5. The quantitative estimate of drug-likeness (QED) is 0.647. The van der Waals surface area contributed by atoms with E-state index in [4.69, 9.17) is 0 Å². The van der Waals surface area contributed by atoms with Crippen molar-refractivity contribution in [3.05, 3.63) is 65.5 Å². The van der Waals surface area contributed by atoms with Gasteiger partial charge in [0.15, 0.2) is 0 Å². The van der Waals surface area contributed by atoms with Crippen molar-refractivity contribution < 1.29 is 17.6 Å². The second-order valence-electron chi connectivity index (χ2n) is 6.53. The number of hydrogen-bond donors (Lipinski definition) is 2. The lowest BCUT2D eigenvalue weighted by molar-refractivity contribution is -0.123. The van der Waals surface area contributed by atoms with E-state index in [0.29, 0.717) is 12.2 Å². The first-order valence-corrected chi connectivity index (χ1v) is 11.7. The van der Waals surface area contributed by atoms with E-state index >= 15 is 0 Å². The van der Waals surface area contributed by atoms with Gasteiger partial charge in [-0.15, -0.1) is 0 Å². The molecule has 0 saturated heterocycles. The Balaban J connectivity index is 2.16. The van der Waals surface area contributed by atoms with E-state index in [-0.39, 0.29) is 6.04 Å². The lowest BCUT2D eigenvalue weighted by Gasteiger charge is -2.21. The highest BCUT2D eigenvalue weighted by molar-refractivity contribution is 7.98. The topological polar surface area (TPSA) is 75.3 Å². The molecule has 2 rings (SSSR count). The largest absolute Gasteiger partial charge is 0.348 e. The summed E-state index contributed by atoms with van der Waals surface area (Å²) in [5, 5.41) is 2.84. The van der Waals surface area contributed by atoms with Crippen LogP contribution >= 0.6 is 11.8 Å². The SMILES string of the molecule is CSCCC(NS(=O)(=O)c1ccccc1F)C(=O)NC(C)c1ccc(C)cc1. The number of rotatable bonds is 9. The first kappa shape index (κ1) is 22.4. The molecule has 0 fully saturated rings. The van der Waals surface area contributed by atoms with Crippen LogP contribution in [-0.2, 0) is 14.8 Å². The number of carbonyl (C=O) groups excluding carboxylic acids is 1. The van der Waals surface area contributed by atoms with Crippen molar-refractivity contribution in [2.45, 2.75) is 37.2 Å². The van der Waals surface area contributed by atoms with Gasteiger partial charge in [0.25, 0.3) is 0 Å². The molecule has 0 saturated carbocycles. The Hall–Kier alpha value is -1.90. The van der Waals surface area contributed by atoms with Gasteiger partial charge in [-0.2, -0.15) is 16.5 Å². The fourth-order valence-corrected chi connectivity index (χ4v) is 4.43. The van der Waals surface area contributed by atoms with Crippen LogP contribution in [0.4, 0.5) is 4.39 Å². The fourth-order valence-electron chi connectivity index (χ4n) is 2.65. The summed E-state index contributed by atoms with van der Waals surface area (Å²) in [6.07, 6.45) is 2.16. The van der Waals surface area contributed by atoms with Crippen LogP contribution in [0.15, 0.2) is 53.4 Å². The summed E-state index contributed by atoms with van der Waals surface area (Å²) in [7, 11) is -4.17. The Morgan fingerprint density at radius 2 is 1.79 bits per heavy atom. The molecular formula is C20H25FN2O3S2. The molecule has 0 radical (unpaired) electrons. The van der Waals surface area contributed by atoms with E-state index in [0.717, 1.165) is 17.2 Å². The Labute approximate surface area is 170 Å². The van der Waals surface area contributed by atoms with Gasteiger partial charge in [-0.25, -0.2) is 12.8 Å². The molecule has 0 spiro atoms. The number of aryl methyl sites for hydroxylation is 1. The lowest BCUT2D eigenvalue weighted by atomic mass is 10.1. The molecule has 2 unspecified atom stereocenters. The molecule has 0 aliphatic carbocycles. The average Bonchev–Trinajstić information content (AvgIpc) is 2.65. The van der Waals surface area contributed by atoms with Crippen molar-refractivity contribution in [3.8, 4) is 0 Å². The third-order valence-corrected chi connectivity index (χ3v) is 6.44. The highest BCUT2D eigenvalue weighted by atomic mass is 32.2. The van der Waals surface area contributed by atoms with Crippen LogP contribution in [0.1, 0.15) is 30.5 Å². The highest BCUT2D eigenvalue weighted by Crippen LogP contribution is 2.17. The van der Waals surface area contributed by atoms with E-state index in [1.807, 2.05) is 44.4 Å². The van der Waals surface area contributed by atoms with Gasteiger partial charge in [0.2, 0.25) is 15.9 Å². The first-order chi connectivity index (χ1) is 13.2. The number of benzene rings is 2. The van der Waals surface area contributed by atoms with Gasteiger partial charge in [0, 0.05) is 0 Å². The van der Waals surface area contributed by atoms with Gasteiger partial charge in [-0.05, 0) is 50.0 Å². The molecule has 0 bridgehead atoms. The molecule has 0 aliphatic heterocycles. The molecule has 8 heteroatoms. The zero-order valence-corrected chi connectivity index (χ0v) is 17.7. The van der Waals surface area contributed by atoms with Crippen molar-refractivity contribution in [1.82, 2.24) is 10.0 Å². The minimum absolute atomic E-state index is 0.289. The number of carbonyl (C=O) groups is 1. The van der Waals surface area contributed by atoms with Gasteiger partial charge in [-0.1, -0.05) is 42.0 Å². The molecule has 152 valence electrons. The van der Waals surface area contributed by atoms with Crippen LogP contribution in [-0.4, -0.2) is 32.4 Å². The summed E-state index contributed by atoms with van der Waals surface area (Å²) in [6, 6.07) is 11.5. The standard InChI is InChI=1S/C20H25FN2O3S2/c1-14-8-10-16(11-9-14)15(2)22-20(24)18(12-13-27-3)23-28(25,26)19-7-5-4-6-17(19)21/h4-11,15,18,23H,12-13H2,1-3H3,(H,22,24). The van der Waals surface area contributed by atoms with E-state index in [2.05, 4.69) is 10.0 Å². The number of halogens is 1. The number of amides is 1.